The van der Waals surface area contributed by atoms with Crippen LogP contribution in [0.15, 0.2) is 24.3 Å². The van der Waals surface area contributed by atoms with Gasteiger partial charge in [0.1, 0.15) is 5.78 Å². The number of carboxylic acid groups (broad SMARTS) is 1. The number of carboxylic acids is 1. The second-order valence-electron chi connectivity index (χ2n) is 8.34. The van der Waals surface area contributed by atoms with Crippen LogP contribution in [0.4, 0.5) is 0 Å². The van der Waals surface area contributed by atoms with Gasteiger partial charge in [-0.05, 0) is 31.1 Å². The highest BCUT2D eigenvalue weighted by molar-refractivity contribution is 5.84. The minimum Gasteiger partial charge on any atom is -0.481 e. The molecule has 0 radical (unpaired) electrons. The lowest BCUT2D eigenvalue weighted by atomic mass is 9.80. The predicted octanol–water partition coefficient (Wildman–Crippen LogP) is 3.89. The van der Waals surface area contributed by atoms with Gasteiger partial charge in [-0.15, -0.1) is 0 Å². The molecule has 0 aromatic heterocycles. The highest BCUT2D eigenvalue weighted by Crippen LogP contribution is 2.35. The quantitative estimate of drug-likeness (QED) is 0.353. The van der Waals surface area contributed by atoms with Gasteiger partial charge in [-0.2, -0.15) is 0 Å². The molecule has 0 bridgehead atoms. The van der Waals surface area contributed by atoms with E-state index in [0.29, 0.717) is 19.3 Å². The molecular formula is C22H36O5. The lowest BCUT2D eigenvalue weighted by Gasteiger charge is -2.29. The molecule has 0 spiro atoms. The summed E-state index contributed by atoms with van der Waals surface area (Å²) in [5, 5.41) is 29.4. The Balaban J connectivity index is 2.63. The Morgan fingerprint density at radius 1 is 1.30 bits per heavy atom. The van der Waals surface area contributed by atoms with Crippen LogP contribution in [0.5, 0.6) is 0 Å². The van der Waals surface area contributed by atoms with Crippen LogP contribution in [0.1, 0.15) is 72.1 Å². The molecule has 5 nitrogen and oxygen atoms in total. The third-order valence-corrected chi connectivity index (χ3v) is 5.54. The van der Waals surface area contributed by atoms with Gasteiger partial charge in [-0.25, -0.2) is 0 Å². The number of hydrogen-bond acceptors (Lipinski definition) is 4. The number of aliphatic hydroxyl groups is 2. The first kappa shape index (κ1) is 23.6. The highest BCUT2D eigenvalue weighted by Gasteiger charge is 2.39. The Labute approximate surface area is 163 Å². The van der Waals surface area contributed by atoms with Gasteiger partial charge in [0.05, 0.1) is 12.2 Å². The maximum Gasteiger partial charge on any atom is 0.303 e. The van der Waals surface area contributed by atoms with Crippen molar-refractivity contribution in [1.29, 1.82) is 0 Å². The molecule has 1 saturated carbocycles. The fourth-order valence-electron chi connectivity index (χ4n) is 3.53. The van der Waals surface area contributed by atoms with E-state index in [0.717, 1.165) is 19.3 Å². The lowest BCUT2D eigenvalue weighted by molar-refractivity contribution is -0.137. The first-order valence-corrected chi connectivity index (χ1v) is 10.1. The lowest BCUT2D eigenvalue weighted by Crippen LogP contribution is -2.28. The topological polar surface area (TPSA) is 94.8 Å². The summed E-state index contributed by atoms with van der Waals surface area (Å²) in [6.45, 7) is 6.19. The third kappa shape index (κ3) is 7.97. The second kappa shape index (κ2) is 11.4. The van der Waals surface area contributed by atoms with Crippen molar-refractivity contribution in [2.24, 2.45) is 17.3 Å². The van der Waals surface area contributed by atoms with Gasteiger partial charge in [-0.1, -0.05) is 57.9 Å². The molecule has 0 aromatic rings. The fraction of sp³-hybridized carbons (Fsp3) is 0.727. The molecule has 1 unspecified atom stereocenters. The van der Waals surface area contributed by atoms with Crippen molar-refractivity contribution in [3.8, 4) is 0 Å². The van der Waals surface area contributed by atoms with E-state index in [4.69, 9.17) is 5.11 Å². The zero-order valence-corrected chi connectivity index (χ0v) is 16.9. The van der Waals surface area contributed by atoms with Gasteiger partial charge in [-0.3, -0.25) is 9.59 Å². The van der Waals surface area contributed by atoms with E-state index in [1.807, 2.05) is 32.1 Å². The van der Waals surface area contributed by atoms with Crippen LogP contribution < -0.4 is 0 Å². The number of aliphatic carboxylic acids is 1. The van der Waals surface area contributed by atoms with Crippen LogP contribution in [0.3, 0.4) is 0 Å². The van der Waals surface area contributed by atoms with Crippen LogP contribution in [-0.2, 0) is 9.59 Å². The number of unbranched alkanes of at least 4 members (excludes halogenated alkanes) is 2. The maximum absolute atomic E-state index is 12.2. The molecule has 154 valence electrons. The molecule has 1 fully saturated rings. The molecule has 0 amide bonds. The second-order valence-corrected chi connectivity index (χ2v) is 8.34. The summed E-state index contributed by atoms with van der Waals surface area (Å²) in [4.78, 5) is 22.7. The Morgan fingerprint density at radius 2 is 2.00 bits per heavy atom. The zero-order valence-electron chi connectivity index (χ0n) is 16.9. The number of hydrogen-bond donors (Lipinski definition) is 3. The van der Waals surface area contributed by atoms with Gasteiger partial charge in [0, 0.05) is 24.7 Å². The minimum atomic E-state index is -0.803. The number of rotatable bonds is 12. The Bertz CT molecular complexity index is 535. The SMILES string of the molecule is CCCCC(C)(C)[C@H](O)/C=C/C1[C@H](C/C=C/CCCC(=O)O)C(=O)C[C@@H]1O. The van der Waals surface area contributed by atoms with Crippen molar-refractivity contribution in [2.75, 3.05) is 0 Å². The van der Waals surface area contributed by atoms with Gasteiger partial charge in [0.15, 0.2) is 0 Å². The summed E-state index contributed by atoms with van der Waals surface area (Å²) in [5.41, 5.74) is -0.236. The smallest absolute Gasteiger partial charge is 0.303 e. The molecular weight excluding hydrogens is 344 g/mol. The molecule has 5 heteroatoms. The average Bonchev–Trinajstić information content (AvgIpc) is 2.86. The molecule has 3 N–H and O–H groups in total. The normalized spacial score (nSPS) is 24.9. The molecule has 27 heavy (non-hydrogen) atoms. The number of aliphatic hydroxyl groups excluding tert-OH is 2. The molecule has 0 heterocycles. The summed E-state index contributed by atoms with van der Waals surface area (Å²) in [6.07, 6.45) is 11.2. The van der Waals surface area contributed by atoms with Crippen LogP contribution in [0.25, 0.3) is 0 Å². The van der Waals surface area contributed by atoms with E-state index < -0.39 is 18.2 Å². The first-order valence-electron chi connectivity index (χ1n) is 10.1. The highest BCUT2D eigenvalue weighted by atomic mass is 16.4. The molecule has 1 aliphatic rings. The number of carbonyl (C=O) groups excluding carboxylic acids is 1. The first-order chi connectivity index (χ1) is 12.7. The summed E-state index contributed by atoms with van der Waals surface area (Å²) in [7, 11) is 0. The Morgan fingerprint density at radius 3 is 2.63 bits per heavy atom. The molecule has 1 aliphatic carbocycles. The van der Waals surface area contributed by atoms with E-state index in [1.54, 1.807) is 6.08 Å². The Kier molecular flexibility index (Phi) is 9.95. The molecule has 0 aromatic carbocycles. The molecule has 0 saturated heterocycles. The summed E-state index contributed by atoms with van der Waals surface area (Å²) < 4.78 is 0. The monoisotopic (exact) mass is 380 g/mol. The number of ketones is 1. The van der Waals surface area contributed by atoms with Crippen molar-refractivity contribution in [2.45, 2.75) is 84.3 Å². The van der Waals surface area contributed by atoms with Crippen molar-refractivity contribution in [1.82, 2.24) is 0 Å². The number of carbonyl (C=O) groups is 2. The van der Waals surface area contributed by atoms with Crippen molar-refractivity contribution < 1.29 is 24.9 Å². The van der Waals surface area contributed by atoms with Crippen LogP contribution in [0, 0.1) is 17.3 Å². The van der Waals surface area contributed by atoms with Crippen molar-refractivity contribution in [3.05, 3.63) is 24.3 Å². The van der Waals surface area contributed by atoms with Gasteiger partial charge in [0.25, 0.3) is 0 Å². The minimum absolute atomic E-state index is 0.0482. The third-order valence-electron chi connectivity index (χ3n) is 5.54. The zero-order chi connectivity index (χ0) is 20.4. The van der Waals surface area contributed by atoms with Crippen LogP contribution >= 0.6 is 0 Å². The van der Waals surface area contributed by atoms with E-state index in [1.165, 1.54) is 0 Å². The largest absolute Gasteiger partial charge is 0.481 e. The van der Waals surface area contributed by atoms with Gasteiger partial charge >= 0.3 is 5.97 Å². The summed E-state index contributed by atoms with van der Waals surface area (Å²) in [6, 6.07) is 0. The molecule has 0 aliphatic heterocycles. The van der Waals surface area contributed by atoms with Crippen molar-refractivity contribution in [3.63, 3.8) is 0 Å². The fourth-order valence-corrected chi connectivity index (χ4v) is 3.53. The summed E-state index contributed by atoms with van der Waals surface area (Å²) in [5.74, 6) is -1.31. The summed E-state index contributed by atoms with van der Waals surface area (Å²) >= 11 is 0. The van der Waals surface area contributed by atoms with Crippen LogP contribution in [0.2, 0.25) is 0 Å². The van der Waals surface area contributed by atoms with Gasteiger partial charge in [0.2, 0.25) is 0 Å². The number of allylic oxidation sites excluding steroid dienone is 2. The van der Waals surface area contributed by atoms with E-state index in [2.05, 4.69) is 6.92 Å². The maximum atomic E-state index is 12.2. The molecule has 4 atom stereocenters. The molecule has 1 rings (SSSR count). The average molecular weight is 381 g/mol. The van der Waals surface area contributed by atoms with E-state index >= 15 is 0 Å². The van der Waals surface area contributed by atoms with Crippen molar-refractivity contribution >= 4 is 11.8 Å². The standard InChI is InChI=1S/C22H36O5/c1-4-5-14-22(2,3)20(25)13-12-17-16(18(23)15-19(17)24)10-8-6-7-9-11-21(26)27/h6,8,12-13,16-17,19-20,24-25H,4-5,7,9-11,14-15H2,1-3H3,(H,26,27)/b8-6+,13-12+/t16-,17?,19-,20+/m0/s1. The predicted molar refractivity (Wildman–Crippen MR) is 106 cm³/mol. The van der Waals surface area contributed by atoms with E-state index in [-0.39, 0.29) is 35.9 Å². The number of Topliss-reactive ketones (excluding diaryl/α,β-unsaturated/α-hetero) is 1. The van der Waals surface area contributed by atoms with E-state index in [9.17, 15) is 19.8 Å². The van der Waals surface area contributed by atoms with Crippen LogP contribution in [-0.4, -0.2) is 39.3 Å². The van der Waals surface area contributed by atoms with Gasteiger partial charge < -0.3 is 15.3 Å². The Hall–Kier alpha value is -1.46.